The third-order valence-corrected chi connectivity index (χ3v) is 4.70. The van der Waals surface area contributed by atoms with Crippen LogP contribution in [0.3, 0.4) is 0 Å². The summed E-state index contributed by atoms with van der Waals surface area (Å²) in [7, 11) is 0. The topological polar surface area (TPSA) is 38.9 Å². The van der Waals surface area contributed by atoms with Crippen LogP contribution in [0.4, 0.5) is 22.0 Å². The summed E-state index contributed by atoms with van der Waals surface area (Å²) < 4.78 is 68.7. The first-order chi connectivity index (χ1) is 12.5. The van der Waals surface area contributed by atoms with Crippen molar-refractivity contribution in [1.82, 2.24) is 10.1 Å². The number of hydrogen-bond acceptors (Lipinski definition) is 4. The zero-order chi connectivity index (χ0) is 19.8. The van der Waals surface area contributed by atoms with Gasteiger partial charge in [-0.05, 0) is 41.9 Å². The number of hydrogen-bond donors (Lipinski definition) is 0. The molecule has 0 bridgehead atoms. The van der Waals surface area contributed by atoms with Crippen molar-refractivity contribution < 1.29 is 26.5 Å². The fourth-order valence-electron chi connectivity index (χ4n) is 2.08. The minimum absolute atomic E-state index is 0.0989. The second-order valence-electron chi connectivity index (χ2n) is 5.19. The highest BCUT2D eigenvalue weighted by molar-refractivity contribution is 7.99. The SMILES string of the molecule is FC(F)(F)c1ccc(Sc2cccc(-c3noc(C(F)(F)Cl)n3)c2)cc1Cl. The van der Waals surface area contributed by atoms with E-state index in [4.69, 9.17) is 23.2 Å². The maximum atomic E-state index is 13.0. The molecule has 0 aliphatic carbocycles. The number of nitrogens with zero attached hydrogens (tertiary/aromatic N) is 2. The van der Waals surface area contributed by atoms with Crippen LogP contribution >= 0.6 is 35.0 Å². The molecule has 27 heavy (non-hydrogen) atoms. The van der Waals surface area contributed by atoms with Gasteiger partial charge < -0.3 is 4.52 Å². The highest BCUT2D eigenvalue weighted by Gasteiger charge is 2.36. The third kappa shape index (κ3) is 4.72. The maximum Gasteiger partial charge on any atom is 0.417 e. The Balaban J connectivity index is 1.84. The monoisotopic (exact) mass is 440 g/mol. The van der Waals surface area contributed by atoms with Crippen molar-refractivity contribution in [1.29, 1.82) is 0 Å². The van der Waals surface area contributed by atoms with Gasteiger partial charge in [-0.25, -0.2) is 0 Å². The summed E-state index contributed by atoms with van der Waals surface area (Å²) in [6.45, 7) is 0. The second kappa shape index (κ2) is 7.29. The van der Waals surface area contributed by atoms with Crippen LogP contribution in [0.2, 0.25) is 5.02 Å². The van der Waals surface area contributed by atoms with E-state index in [1.807, 2.05) is 0 Å². The Morgan fingerprint density at radius 2 is 1.67 bits per heavy atom. The van der Waals surface area contributed by atoms with Gasteiger partial charge in [0.25, 0.3) is 0 Å². The van der Waals surface area contributed by atoms with E-state index in [9.17, 15) is 22.0 Å². The molecular weight excluding hydrogens is 434 g/mol. The zero-order valence-corrected chi connectivity index (χ0v) is 15.2. The average molecular weight is 441 g/mol. The zero-order valence-electron chi connectivity index (χ0n) is 12.9. The number of benzene rings is 2. The van der Waals surface area contributed by atoms with Crippen LogP contribution in [0.25, 0.3) is 11.4 Å². The summed E-state index contributed by atoms with van der Waals surface area (Å²) in [5.41, 5.74) is -0.558. The van der Waals surface area contributed by atoms with E-state index in [-0.39, 0.29) is 5.82 Å². The second-order valence-corrected chi connectivity index (χ2v) is 7.22. The summed E-state index contributed by atoms with van der Waals surface area (Å²) in [6, 6.07) is 9.79. The van der Waals surface area contributed by atoms with Crippen molar-refractivity contribution >= 4 is 35.0 Å². The molecule has 0 spiro atoms. The summed E-state index contributed by atoms with van der Waals surface area (Å²) >= 11 is 11.7. The largest absolute Gasteiger partial charge is 0.417 e. The Bertz CT molecular complexity index is 972. The molecule has 11 heteroatoms. The summed E-state index contributed by atoms with van der Waals surface area (Å²) in [5, 5.41) is -0.756. The number of halogens is 7. The lowest BCUT2D eigenvalue weighted by Gasteiger charge is -2.10. The van der Waals surface area contributed by atoms with Gasteiger partial charge in [0, 0.05) is 15.4 Å². The fraction of sp³-hybridized carbons (Fsp3) is 0.125. The molecule has 0 aliphatic heterocycles. The van der Waals surface area contributed by atoms with Crippen molar-refractivity contribution in [2.75, 3.05) is 0 Å². The Morgan fingerprint density at radius 1 is 0.963 bits per heavy atom. The van der Waals surface area contributed by atoms with Crippen LogP contribution in [0, 0.1) is 0 Å². The molecule has 142 valence electrons. The normalized spacial score (nSPS) is 12.4. The molecule has 1 aromatic heterocycles. The van der Waals surface area contributed by atoms with Crippen molar-refractivity contribution in [2.24, 2.45) is 0 Å². The standard InChI is InChI=1S/C16H7Cl2F5N2OS/c17-12-7-10(4-5-11(12)16(21,22)23)27-9-3-1-2-8(6-9)13-24-14(26-25-13)15(18,19)20/h1-7H. The van der Waals surface area contributed by atoms with E-state index in [0.29, 0.717) is 15.4 Å². The van der Waals surface area contributed by atoms with Gasteiger partial charge in [0.05, 0.1) is 10.6 Å². The Kier molecular flexibility index (Phi) is 5.38. The molecule has 0 fully saturated rings. The molecule has 0 aliphatic rings. The van der Waals surface area contributed by atoms with Gasteiger partial charge in [-0.1, -0.05) is 40.7 Å². The molecule has 1 heterocycles. The lowest BCUT2D eigenvalue weighted by atomic mass is 10.2. The minimum atomic E-state index is -4.54. The van der Waals surface area contributed by atoms with E-state index in [1.54, 1.807) is 24.3 Å². The molecule has 0 saturated carbocycles. The summed E-state index contributed by atoms with van der Waals surface area (Å²) in [5.74, 6) is -1.13. The van der Waals surface area contributed by atoms with E-state index in [1.165, 1.54) is 12.1 Å². The number of aromatic nitrogens is 2. The highest BCUT2D eigenvalue weighted by atomic mass is 35.5. The van der Waals surface area contributed by atoms with Crippen molar-refractivity contribution in [3.63, 3.8) is 0 Å². The molecule has 3 rings (SSSR count). The lowest BCUT2D eigenvalue weighted by Crippen LogP contribution is -2.05. The quantitative estimate of drug-likeness (QED) is 0.328. The molecule has 3 aromatic rings. The molecule has 2 aromatic carbocycles. The molecular formula is C16H7Cl2F5N2OS. The molecule has 3 nitrogen and oxygen atoms in total. The Hall–Kier alpha value is -1.84. The van der Waals surface area contributed by atoms with Gasteiger partial charge in [-0.15, -0.1) is 0 Å². The first kappa shape index (κ1) is 19.9. The van der Waals surface area contributed by atoms with E-state index in [0.717, 1.165) is 17.8 Å². The van der Waals surface area contributed by atoms with E-state index < -0.39 is 28.0 Å². The lowest BCUT2D eigenvalue weighted by molar-refractivity contribution is -0.137. The van der Waals surface area contributed by atoms with Gasteiger partial charge in [-0.3, -0.25) is 0 Å². The molecule has 0 N–H and O–H groups in total. The van der Waals surface area contributed by atoms with Gasteiger partial charge >= 0.3 is 17.4 Å². The number of alkyl halides is 6. The average Bonchev–Trinajstić information content (AvgIpc) is 3.04. The predicted molar refractivity (Wildman–Crippen MR) is 90.1 cm³/mol. The number of rotatable bonds is 4. The van der Waals surface area contributed by atoms with Crippen LogP contribution in [0.5, 0.6) is 0 Å². The maximum absolute atomic E-state index is 13.0. The highest BCUT2D eigenvalue weighted by Crippen LogP contribution is 2.39. The van der Waals surface area contributed by atoms with Crippen molar-refractivity contribution in [3.05, 3.63) is 58.9 Å². The van der Waals surface area contributed by atoms with Gasteiger partial charge in [0.2, 0.25) is 5.82 Å². The molecule has 0 amide bonds. The Morgan fingerprint density at radius 3 is 2.26 bits per heavy atom. The summed E-state index contributed by atoms with van der Waals surface area (Å²) in [6.07, 6.45) is -4.54. The van der Waals surface area contributed by atoms with Crippen molar-refractivity contribution in [3.8, 4) is 11.4 Å². The molecule has 0 radical (unpaired) electrons. The van der Waals surface area contributed by atoms with Gasteiger partial charge in [0.15, 0.2) is 0 Å². The van der Waals surface area contributed by atoms with Crippen LogP contribution in [-0.4, -0.2) is 10.1 Å². The molecule has 0 saturated heterocycles. The van der Waals surface area contributed by atoms with E-state index >= 15 is 0 Å². The molecule has 0 atom stereocenters. The minimum Gasteiger partial charge on any atom is -0.331 e. The Labute approximate surface area is 163 Å². The van der Waals surface area contributed by atoms with Gasteiger partial charge in [0.1, 0.15) is 0 Å². The first-order valence-corrected chi connectivity index (χ1v) is 8.67. The van der Waals surface area contributed by atoms with Crippen LogP contribution in [0.15, 0.2) is 56.8 Å². The summed E-state index contributed by atoms with van der Waals surface area (Å²) in [4.78, 5) is 4.61. The van der Waals surface area contributed by atoms with Gasteiger partial charge in [-0.2, -0.15) is 26.9 Å². The van der Waals surface area contributed by atoms with E-state index in [2.05, 4.69) is 14.7 Å². The predicted octanol–water partition coefficient (Wildman–Crippen LogP) is 6.85. The van der Waals surface area contributed by atoms with Crippen LogP contribution in [0.1, 0.15) is 11.5 Å². The van der Waals surface area contributed by atoms with Crippen LogP contribution < -0.4 is 0 Å². The van der Waals surface area contributed by atoms with Crippen molar-refractivity contribution in [2.45, 2.75) is 21.3 Å². The third-order valence-electron chi connectivity index (χ3n) is 3.24. The first-order valence-electron chi connectivity index (χ1n) is 7.10. The molecule has 0 unspecified atom stereocenters. The fourth-order valence-corrected chi connectivity index (χ4v) is 3.43. The smallest absolute Gasteiger partial charge is 0.331 e. The van der Waals surface area contributed by atoms with Crippen LogP contribution in [-0.2, 0) is 11.6 Å².